The van der Waals surface area contributed by atoms with Crippen LogP contribution in [0.4, 0.5) is 0 Å². The van der Waals surface area contributed by atoms with Crippen molar-refractivity contribution >= 4 is 17.6 Å². The Labute approximate surface area is 97.5 Å². The smallest absolute Gasteiger partial charge is 0.341 e. The van der Waals surface area contributed by atoms with E-state index < -0.39 is 11.5 Å². The summed E-state index contributed by atoms with van der Waals surface area (Å²) in [6, 6.07) is 0.128. The minimum Gasteiger partial charge on any atom is -0.477 e. The summed E-state index contributed by atoms with van der Waals surface area (Å²) in [4.78, 5) is 23.0. The Morgan fingerprint density at radius 1 is 1.44 bits per heavy atom. The van der Waals surface area contributed by atoms with Crippen LogP contribution in [0.5, 0.6) is 0 Å². The molecule has 86 valence electrons. The van der Waals surface area contributed by atoms with Gasteiger partial charge in [-0.15, -0.1) is 0 Å². The van der Waals surface area contributed by atoms with Gasteiger partial charge in [-0.05, 0) is 32.3 Å². The van der Waals surface area contributed by atoms with E-state index >= 15 is 0 Å². The van der Waals surface area contributed by atoms with E-state index in [9.17, 15) is 9.59 Å². The molecular formula is C11H12ClNO3. The maximum atomic E-state index is 12.0. The van der Waals surface area contributed by atoms with Crippen molar-refractivity contribution in [3.63, 3.8) is 0 Å². The van der Waals surface area contributed by atoms with Gasteiger partial charge in [-0.25, -0.2) is 4.79 Å². The average molecular weight is 242 g/mol. The molecule has 1 aliphatic rings. The van der Waals surface area contributed by atoms with Crippen LogP contribution in [0.3, 0.4) is 0 Å². The van der Waals surface area contributed by atoms with Gasteiger partial charge in [0.1, 0.15) is 5.56 Å². The zero-order valence-electron chi connectivity index (χ0n) is 9.08. The fraction of sp³-hybridized carbons (Fsp3) is 0.455. The van der Waals surface area contributed by atoms with Gasteiger partial charge in [-0.3, -0.25) is 4.79 Å². The number of nitrogens with zero attached hydrogens (tertiary/aromatic N) is 1. The van der Waals surface area contributed by atoms with E-state index in [1.165, 1.54) is 4.57 Å². The first-order chi connectivity index (χ1) is 7.45. The molecule has 1 aromatic rings. The molecule has 1 aliphatic carbocycles. The maximum absolute atomic E-state index is 12.0. The van der Waals surface area contributed by atoms with Crippen LogP contribution >= 0.6 is 11.6 Å². The molecule has 0 amide bonds. The standard InChI is InChI=1S/C11H12ClNO3/c1-5-8(11(15)16)10(14)13(7-3-4-7)6(2)9(5)12/h7H,3-4H2,1-2H3,(H,15,16). The molecule has 4 nitrogen and oxygen atoms in total. The van der Waals surface area contributed by atoms with E-state index in [0.29, 0.717) is 16.3 Å². The van der Waals surface area contributed by atoms with Crippen molar-refractivity contribution in [2.75, 3.05) is 0 Å². The van der Waals surface area contributed by atoms with Crippen LogP contribution in [0.25, 0.3) is 0 Å². The average Bonchev–Trinajstić information content (AvgIpc) is 2.98. The van der Waals surface area contributed by atoms with Gasteiger partial charge < -0.3 is 9.67 Å². The van der Waals surface area contributed by atoms with Crippen molar-refractivity contribution < 1.29 is 9.90 Å². The zero-order chi connectivity index (χ0) is 12.0. The molecule has 1 N–H and O–H groups in total. The molecule has 1 aromatic heterocycles. The summed E-state index contributed by atoms with van der Waals surface area (Å²) < 4.78 is 1.51. The molecule has 0 saturated heterocycles. The van der Waals surface area contributed by atoms with Gasteiger partial charge in [-0.1, -0.05) is 11.6 Å². The first-order valence-electron chi connectivity index (χ1n) is 5.09. The minimum atomic E-state index is -1.21. The maximum Gasteiger partial charge on any atom is 0.341 e. The monoisotopic (exact) mass is 241 g/mol. The molecular weight excluding hydrogens is 230 g/mol. The third-order valence-electron chi connectivity index (χ3n) is 2.94. The molecule has 0 aliphatic heterocycles. The molecule has 0 aromatic carbocycles. The second-order valence-corrected chi connectivity index (χ2v) is 4.49. The number of carbonyl (C=O) groups is 1. The number of aromatic carboxylic acids is 1. The molecule has 1 heterocycles. The lowest BCUT2D eigenvalue weighted by molar-refractivity contribution is 0.0693. The summed E-state index contributed by atoms with van der Waals surface area (Å²) >= 11 is 6.05. The predicted octanol–water partition coefficient (Wildman–Crippen LogP) is 2.15. The molecule has 0 unspecified atom stereocenters. The summed E-state index contributed by atoms with van der Waals surface area (Å²) in [7, 11) is 0. The Morgan fingerprint density at radius 2 is 2.00 bits per heavy atom. The normalized spacial score (nSPS) is 15.2. The molecule has 5 heteroatoms. The van der Waals surface area contributed by atoms with E-state index in [1.54, 1.807) is 13.8 Å². The largest absolute Gasteiger partial charge is 0.477 e. The highest BCUT2D eigenvalue weighted by molar-refractivity contribution is 6.32. The van der Waals surface area contributed by atoms with Gasteiger partial charge in [0.15, 0.2) is 0 Å². The Hall–Kier alpha value is -1.29. The van der Waals surface area contributed by atoms with E-state index in [4.69, 9.17) is 16.7 Å². The number of hydrogen-bond donors (Lipinski definition) is 1. The minimum absolute atomic E-state index is 0.128. The first kappa shape index (κ1) is 11.2. The Morgan fingerprint density at radius 3 is 2.44 bits per heavy atom. The van der Waals surface area contributed by atoms with Gasteiger partial charge >= 0.3 is 5.97 Å². The number of hydrogen-bond acceptors (Lipinski definition) is 2. The summed E-state index contributed by atoms with van der Waals surface area (Å²) in [5, 5.41) is 9.40. The number of aromatic nitrogens is 1. The quantitative estimate of drug-likeness (QED) is 0.863. The molecule has 1 saturated carbocycles. The molecule has 0 atom stereocenters. The summed E-state index contributed by atoms with van der Waals surface area (Å²) in [6.07, 6.45) is 1.83. The summed E-state index contributed by atoms with van der Waals surface area (Å²) in [6.45, 7) is 3.32. The van der Waals surface area contributed by atoms with Crippen molar-refractivity contribution in [2.45, 2.75) is 32.7 Å². The SMILES string of the molecule is Cc1c(Cl)c(C)n(C2CC2)c(=O)c1C(=O)O. The van der Waals surface area contributed by atoms with E-state index in [1.807, 2.05) is 0 Å². The van der Waals surface area contributed by atoms with Crippen LogP contribution in [-0.4, -0.2) is 15.6 Å². The summed E-state index contributed by atoms with van der Waals surface area (Å²) in [5.74, 6) is -1.21. The van der Waals surface area contributed by atoms with Gasteiger partial charge in [0, 0.05) is 11.7 Å². The highest BCUT2D eigenvalue weighted by Gasteiger charge is 2.30. The number of halogens is 1. The van der Waals surface area contributed by atoms with Crippen LogP contribution in [0.2, 0.25) is 5.02 Å². The van der Waals surface area contributed by atoms with Gasteiger partial charge in [0.2, 0.25) is 0 Å². The molecule has 0 spiro atoms. The fourth-order valence-electron chi connectivity index (χ4n) is 1.94. The molecule has 0 radical (unpaired) electrons. The third-order valence-corrected chi connectivity index (χ3v) is 3.50. The van der Waals surface area contributed by atoms with Gasteiger partial charge in [0.25, 0.3) is 5.56 Å². The highest BCUT2D eigenvalue weighted by Crippen LogP contribution is 2.36. The fourth-order valence-corrected chi connectivity index (χ4v) is 2.13. The highest BCUT2D eigenvalue weighted by atomic mass is 35.5. The van der Waals surface area contributed by atoms with Crippen molar-refractivity contribution in [1.29, 1.82) is 0 Å². The lowest BCUT2D eigenvalue weighted by atomic mass is 10.1. The van der Waals surface area contributed by atoms with Crippen LogP contribution in [0.1, 0.15) is 40.5 Å². The molecule has 16 heavy (non-hydrogen) atoms. The predicted molar refractivity (Wildman–Crippen MR) is 60.4 cm³/mol. The number of carboxylic acids is 1. The van der Waals surface area contributed by atoms with E-state index in [-0.39, 0.29) is 11.6 Å². The lowest BCUT2D eigenvalue weighted by Crippen LogP contribution is -2.29. The van der Waals surface area contributed by atoms with Crippen LogP contribution in [-0.2, 0) is 0 Å². The van der Waals surface area contributed by atoms with E-state index in [0.717, 1.165) is 12.8 Å². The second kappa shape index (κ2) is 3.63. The van der Waals surface area contributed by atoms with Crippen LogP contribution in [0.15, 0.2) is 4.79 Å². The Kier molecular flexibility index (Phi) is 2.54. The second-order valence-electron chi connectivity index (χ2n) is 4.11. The van der Waals surface area contributed by atoms with Crippen molar-refractivity contribution in [2.24, 2.45) is 0 Å². The van der Waals surface area contributed by atoms with Crippen LogP contribution in [0, 0.1) is 13.8 Å². The number of carboxylic acid groups (broad SMARTS) is 1. The van der Waals surface area contributed by atoms with Crippen molar-refractivity contribution in [3.8, 4) is 0 Å². The molecule has 2 rings (SSSR count). The zero-order valence-corrected chi connectivity index (χ0v) is 9.84. The van der Waals surface area contributed by atoms with Gasteiger partial charge in [-0.2, -0.15) is 0 Å². The van der Waals surface area contributed by atoms with Gasteiger partial charge in [0.05, 0.1) is 5.02 Å². The Bertz CT molecular complexity index is 529. The topological polar surface area (TPSA) is 59.3 Å². The van der Waals surface area contributed by atoms with Crippen molar-refractivity contribution in [3.05, 3.63) is 32.2 Å². The first-order valence-corrected chi connectivity index (χ1v) is 5.47. The van der Waals surface area contributed by atoms with Crippen molar-refractivity contribution in [1.82, 2.24) is 4.57 Å². The summed E-state index contributed by atoms with van der Waals surface area (Å²) in [5.41, 5.74) is 0.377. The van der Waals surface area contributed by atoms with Crippen LogP contribution < -0.4 is 5.56 Å². The third kappa shape index (κ3) is 1.53. The number of pyridine rings is 1. The Balaban J connectivity index is 2.81. The number of rotatable bonds is 2. The molecule has 0 bridgehead atoms. The lowest BCUT2D eigenvalue weighted by Gasteiger charge is -2.14. The molecule has 1 fully saturated rings. The van der Waals surface area contributed by atoms with E-state index in [2.05, 4.69) is 0 Å².